The minimum absolute atomic E-state index is 0.107. The highest BCUT2D eigenvalue weighted by atomic mass is 19.1. The topological polar surface area (TPSA) is 75.4 Å². The molecule has 0 aliphatic carbocycles. The molecule has 0 unspecified atom stereocenters. The highest BCUT2D eigenvalue weighted by molar-refractivity contribution is 6.00. The van der Waals surface area contributed by atoms with Crippen LogP contribution in [-0.4, -0.2) is 52.1 Å². The third-order valence-corrected chi connectivity index (χ3v) is 7.83. The van der Waals surface area contributed by atoms with E-state index in [0.29, 0.717) is 55.4 Å². The molecule has 7 nitrogen and oxygen atoms in total. The molecule has 1 amide bonds. The van der Waals surface area contributed by atoms with E-state index in [1.54, 1.807) is 4.90 Å². The van der Waals surface area contributed by atoms with Gasteiger partial charge in [0.1, 0.15) is 28.5 Å². The first-order chi connectivity index (χ1) is 20.5. The molecule has 0 atom stereocenters. The van der Waals surface area contributed by atoms with Crippen LogP contribution in [0.2, 0.25) is 0 Å². The van der Waals surface area contributed by atoms with Gasteiger partial charge in [-0.3, -0.25) is 4.79 Å². The fraction of sp³-hybridized carbons (Fsp3) is 0.176. The Morgan fingerprint density at radius 1 is 0.857 bits per heavy atom. The van der Waals surface area contributed by atoms with Gasteiger partial charge in [0.05, 0.1) is 0 Å². The smallest absolute Gasteiger partial charge is 0.263 e. The number of anilines is 1. The zero-order valence-electron chi connectivity index (χ0n) is 23.1. The Hall–Kier alpha value is -5.11. The summed E-state index contributed by atoms with van der Waals surface area (Å²) in [5.74, 6) is 0.929. The van der Waals surface area contributed by atoms with Crippen molar-refractivity contribution in [2.75, 3.05) is 31.1 Å². The standard InChI is InChI=1S/C34H28FN5O2/c1-22-6-8-23(9-7-22)20-29-36-32(39-16-18-40(19-17-39)34(41)25-12-14-28(35)15-13-25)30-31(38-42-33(30)37-29)27-11-10-24-4-2-3-5-26(24)21-27/h2-15,21H,16-20H2,1H3. The summed E-state index contributed by atoms with van der Waals surface area (Å²) in [6, 6.07) is 28.5. The number of carbonyl (C=O) groups is 1. The average Bonchev–Trinajstić information content (AvgIpc) is 3.46. The van der Waals surface area contributed by atoms with Crippen molar-refractivity contribution in [2.24, 2.45) is 0 Å². The summed E-state index contributed by atoms with van der Waals surface area (Å²) in [6.07, 6.45) is 0.554. The van der Waals surface area contributed by atoms with Crippen molar-refractivity contribution in [3.05, 3.63) is 119 Å². The number of hydrogen-bond acceptors (Lipinski definition) is 6. The molecule has 0 saturated carbocycles. The summed E-state index contributed by atoms with van der Waals surface area (Å²) in [5, 5.41) is 7.49. The summed E-state index contributed by atoms with van der Waals surface area (Å²) in [5.41, 5.74) is 4.84. The normalized spacial score (nSPS) is 13.7. The van der Waals surface area contributed by atoms with Crippen LogP contribution in [0.15, 0.2) is 95.5 Å². The maximum absolute atomic E-state index is 13.4. The number of fused-ring (bicyclic) bond motifs is 2. The van der Waals surface area contributed by atoms with E-state index in [0.717, 1.165) is 33.1 Å². The van der Waals surface area contributed by atoms with E-state index in [1.807, 2.05) is 18.2 Å². The summed E-state index contributed by atoms with van der Waals surface area (Å²) in [6.45, 7) is 4.22. The number of benzene rings is 4. The summed E-state index contributed by atoms with van der Waals surface area (Å²) in [7, 11) is 0. The molecule has 1 fully saturated rings. The van der Waals surface area contributed by atoms with Gasteiger partial charge < -0.3 is 14.3 Å². The first kappa shape index (κ1) is 25.8. The molecule has 0 spiro atoms. The molecule has 4 aromatic carbocycles. The molecule has 2 aromatic heterocycles. The van der Waals surface area contributed by atoms with Crippen LogP contribution in [0, 0.1) is 12.7 Å². The van der Waals surface area contributed by atoms with Crippen molar-refractivity contribution in [3.8, 4) is 11.3 Å². The summed E-state index contributed by atoms with van der Waals surface area (Å²) < 4.78 is 19.2. The third-order valence-electron chi connectivity index (χ3n) is 7.83. The monoisotopic (exact) mass is 557 g/mol. The van der Waals surface area contributed by atoms with Gasteiger partial charge in [0, 0.05) is 43.7 Å². The van der Waals surface area contributed by atoms with Gasteiger partial charge in [-0.2, -0.15) is 4.98 Å². The molecule has 1 aliphatic heterocycles. The van der Waals surface area contributed by atoms with Crippen LogP contribution in [-0.2, 0) is 6.42 Å². The van der Waals surface area contributed by atoms with Gasteiger partial charge in [-0.05, 0) is 53.6 Å². The predicted octanol–water partition coefficient (Wildman–Crippen LogP) is 6.44. The van der Waals surface area contributed by atoms with Crippen LogP contribution in [0.3, 0.4) is 0 Å². The molecule has 1 saturated heterocycles. The lowest BCUT2D eigenvalue weighted by Crippen LogP contribution is -2.49. The van der Waals surface area contributed by atoms with Crippen LogP contribution in [0.25, 0.3) is 33.1 Å². The fourth-order valence-corrected chi connectivity index (χ4v) is 5.51. The minimum atomic E-state index is -0.360. The fourth-order valence-electron chi connectivity index (χ4n) is 5.51. The molecular formula is C34H28FN5O2. The molecule has 8 heteroatoms. The highest BCUT2D eigenvalue weighted by Gasteiger charge is 2.28. The Labute approximate surface area is 242 Å². The van der Waals surface area contributed by atoms with Gasteiger partial charge in [-0.1, -0.05) is 71.4 Å². The number of aromatic nitrogens is 3. The van der Waals surface area contributed by atoms with Crippen LogP contribution < -0.4 is 4.90 Å². The van der Waals surface area contributed by atoms with Gasteiger partial charge in [0.25, 0.3) is 11.6 Å². The molecule has 7 rings (SSSR count). The number of halogens is 1. The van der Waals surface area contributed by atoms with E-state index in [-0.39, 0.29) is 11.7 Å². The molecular weight excluding hydrogens is 529 g/mol. The summed E-state index contributed by atoms with van der Waals surface area (Å²) >= 11 is 0. The Bertz CT molecular complexity index is 1910. The van der Waals surface area contributed by atoms with E-state index in [4.69, 9.17) is 14.5 Å². The predicted molar refractivity (Wildman–Crippen MR) is 161 cm³/mol. The molecule has 6 aromatic rings. The largest absolute Gasteiger partial charge is 0.352 e. The first-order valence-electron chi connectivity index (χ1n) is 14.0. The number of carbonyl (C=O) groups excluding carboxylic acids is 1. The molecule has 1 aliphatic rings. The number of piperazine rings is 1. The second-order valence-corrected chi connectivity index (χ2v) is 10.7. The molecule has 42 heavy (non-hydrogen) atoms. The SMILES string of the molecule is Cc1ccc(Cc2nc(N3CCN(C(=O)c4ccc(F)cc4)CC3)c3c(-c4ccc5ccccc5c4)noc3n2)cc1. The van der Waals surface area contributed by atoms with Gasteiger partial charge in [-0.15, -0.1) is 0 Å². The Balaban J connectivity index is 1.25. The Morgan fingerprint density at radius 2 is 1.60 bits per heavy atom. The van der Waals surface area contributed by atoms with E-state index in [9.17, 15) is 9.18 Å². The lowest BCUT2D eigenvalue weighted by atomic mass is 10.0. The average molecular weight is 558 g/mol. The zero-order valence-corrected chi connectivity index (χ0v) is 23.1. The minimum Gasteiger partial charge on any atom is -0.352 e. The Kier molecular flexibility index (Phi) is 6.58. The van der Waals surface area contributed by atoms with Crippen molar-refractivity contribution >= 4 is 33.6 Å². The number of hydrogen-bond donors (Lipinski definition) is 0. The molecule has 3 heterocycles. The van der Waals surface area contributed by atoms with Crippen molar-refractivity contribution in [1.29, 1.82) is 0 Å². The molecule has 0 bridgehead atoms. The van der Waals surface area contributed by atoms with Crippen molar-refractivity contribution < 1.29 is 13.7 Å². The second kappa shape index (κ2) is 10.7. The Morgan fingerprint density at radius 3 is 2.36 bits per heavy atom. The van der Waals surface area contributed by atoms with E-state index < -0.39 is 0 Å². The molecule has 208 valence electrons. The van der Waals surface area contributed by atoms with E-state index >= 15 is 0 Å². The van der Waals surface area contributed by atoms with Crippen LogP contribution in [0.1, 0.15) is 27.3 Å². The molecule has 0 radical (unpaired) electrons. The lowest BCUT2D eigenvalue weighted by molar-refractivity contribution is 0.0746. The number of amides is 1. The maximum Gasteiger partial charge on any atom is 0.263 e. The quantitative estimate of drug-likeness (QED) is 0.243. The first-order valence-corrected chi connectivity index (χ1v) is 14.0. The van der Waals surface area contributed by atoms with E-state index in [1.165, 1.54) is 29.8 Å². The van der Waals surface area contributed by atoms with Gasteiger partial charge in [0.15, 0.2) is 0 Å². The van der Waals surface area contributed by atoms with Gasteiger partial charge >= 0.3 is 0 Å². The third kappa shape index (κ3) is 4.96. The van der Waals surface area contributed by atoms with Crippen LogP contribution in [0.5, 0.6) is 0 Å². The van der Waals surface area contributed by atoms with Gasteiger partial charge in [-0.25, -0.2) is 9.37 Å². The van der Waals surface area contributed by atoms with Crippen molar-refractivity contribution in [1.82, 2.24) is 20.0 Å². The van der Waals surface area contributed by atoms with E-state index in [2.05, 4.69) is 65.5 Å². The number of nitrogens with zero attached hydrogens (tertiary/aromatic N) is 5. The summed E-state index contributed by atoms with van der Waals surface area (Å²) in [4.78, 5) is 26.9. The van der Waals surface area contributed by atoms with Crippen molar-refractivity contribution in [2.45, 2.75) is 13.3 Å². The highest BCUT2D eigenvalue weighted by Crippen LogP contribution is 2.35. The van der Waals surface area contributed by atoms with Crippen LogP contribution in [0.4, 0.5) is 10.2 Å². The van der Waals surface area contributed by atoms with Gasteiger partial charge in [0.2, 0.25) is 0 Å². The second-order valence-electron chi connectivity index (χ2n) is 10.7. The van der Waals surface area contributed by atoms with Crippen LogP contribution >= 0.6 is 0 Å². The lowest BCUT2D eigenvalue weighted by Gasteiger charge is -2.35. The maximum atomic E-state index is 13.4. The molecule has 0 N–H and O–H groups in total. The zero-order chi connectivity index (χ0) is 28.6. The number of aryl methyl sites for hydroxylation is 1. The number of rotatable bonds is 5. The van der Waals surface area contributed by atoms with Crippen molar-refractivity contribution in [3.63, 3.8) is 0 Å².